The van der Waals surface area contributed by atoms with Crippen LogP contribution in [0.4, 0.5) is 0 Å². The van der Waals surface area contributed by atoms with E-state index in [2.05, 4.69) is 58.5 Å². The number of benzene rings is 1. The van der Waals surface area contributed by atoms with Crippen LogP contribution in [0.15, 0.2) is 30.3 Å². The molecular weight excluding hydrogens is 1140 g/mol. The molecule has 0 fully saturated rings. The minimum Gasteiger partial charge on any atom is -0.481 e. The summed E-state index contributed by atoms with van der Waals surface area (Å²) in [5.74, 6) is -17.3. The summed E-state index contributed by atoms with van der Waals surface area (Å²) in [5, 5.41) is 84.2. The van der Waals surface area contributed by atoms with Gasteiger partial charge in [-0.15, -0.1) is 0 Å². The first-order chi connectivity index (χ1) is 40.2. The third kappa shape index (κ3) is 26.7. The quantitative estimate of drug-likeness (QED) is 0.0291. The van der Waals surface area contributed by atoms with Crippen molar-refractivity contribution >= 4 is 82.8 Å². The zero-order valence-corrected chi connectivity index (χ0v) is 49.2. The molecule has 12 amide bonds. The molecule has 0 aliphatic carbocycles. The first kappa shape index (κ1) is 75.6. The number of primary amides is 1. The second-order valence-corrected chi connectivity index (χ2v) is 21.1. The number of carboxylic acids is 2. The molecule has 0 radical (unpaired) electrons. The fourth-order valence-corrected chi connectivity index (χ4v) is 7.79. The summed E-state index contributed by atoms with van der Waals surface area (Å²) < 4.78 is 0. The van der Waals surface area contributed by atoms with Gasteiger partial charge >= 0.3 is 11.9 Å². The number of hydrogen-bond acceptors (Lipinski definition) is 19. The molecule has 1 rings (SSSR count). The average Bonchev–Trinajstić information content (AvgIpc) is 3.13. The molecule has 1 aromatic rings. The third-order valence-corrected chi connectivity index (χ3v) is 13.1. The summed E-state index contributed by atoms with van der Waals surface area (Å²) in [7, 11) is 0. The lowest BCUT2D eigenvalue weighted by molar-refractivity contribution is -0.142. The Morgan fingerprint density at radius 3 is 1.44 bits per heavy atom. The topological polar surface area (TPSA) is 545 Å². The van der Waals surface area contributed by atoms with Gasteiger partial charge in [0.1, 0.15) is 60.4 Å². The normalized spacial score (nSPS) is 15.7. The van der Waals surface area contributed by atoms with Crippen LogP contribution in [0.2, 0.25) is 0 Å². The van der Waals surface area contributed by atoms with E-state index in [4.69, 9.17) is 11.5 Å². The predicted octanol–water partition coefficient (Wildman–Crippen LogP) is -7.53. The van der Waals surface area contributed by atoms with Gasteiger partial charge in [0.25, 0.3) is 0 Å². The summed E-state index contributed by atoms with van der Waals surface area (Å²) >= 11 is 0. The Balaban J connectivity index is 3.11. The molecule has 0 spiro atoms. The molecule has 482 valence electrons. The smallest absolute Gasteiger partial charge is 0.326 e. The number of carbonyl (C=O) groups excluding carboxylic acids is 12. The van der Waals surface area contributed by atoms with Crippen LogP contribution >= 0.6 is 0 Å². The van der Waals surface area contributed by atoms with Crippen molar-refractivity contribution < 1.29 is 97.8 Å². The van der Waals surface area contributed by atoms with Gasteiger partial charge in [0, 0.05) is 12.8 Å². The minimum atomic E-state index is -2.00. The lowest BCUT2D eigenvalue weighted by atomic mass is 9.97. The second kappa shape index (κ2) is 37.8. The van der Waals surface area contributed by atoms with Crippen LogP contribution in [0.3, 0.4) is 0 Å². The zero-order chi connectivity index (χ0) is 65.7. The van der Waals surface area contributed by atoms with Crippen LogP contribution in [-0.2, 0) is 73.5 Å². The van der Waals surface area contributed by atoms with Gasteiger partial charge in [0.2, 0.25) is 70.9 Å². The predicted molar refractivity (Wildman–Crippen MR) is 301 cm³/mol. The van der Waals surface area contributed by atoms with Crippen LogP contribution in [0.5, 0.6) is 0 Å². The molecule has 13 atom stereocenters. The number of nitrogens with one attached hydrogen (secondary N) is 11. The van der Waals surface area contributed by atoms with E-state index in [0.29, 0.717) is 12.0 Å². The molecule has 33 heteroatoms. The zero-order valence-electron chi connectivity index (χ0n) is 49.2. The van der Waals surface area contributed by atoms with E-state index < -0.39 is 207 Å². The Morgan fingerprint density at radius 2 is 0.965 bits per heavy atom. The monoisotopic (exact) mass is 1220 g/mol. The van der Waals surface area contributed by atoms with Crippen molar-refractivity contribution in [3.8, 4) is 0 Å². The number of aliphatic hydroxyl groups is 4. The molecular formula is C53H85N13O20. The number of carboxylic acid groups (broad SMARTS) is 2. The largest absolute Gasteiger partial charge is 0.481 e. The molecule has 21 N–H and O–H groups in total. The number of hydrogen-bond donors (Lipinski definition) is 19. The van der Waals surface area contributed by atoms with E-state index in [1.165, 1.54) is 20.8 Å². The molecule has 0 unspecified atom stereocenters. The maximum absolute atomic E-state index is 13.7. The highest BCUT2D eigenvalue weighted by atomic mass is 16.4. The van der Waals surface area contributed by atoms with E-state index in [-0.39, 0.29) is 24.7 Å². The molecule has 0 aromatic heterocycles. The molecule has 33 nitrogen and oxygen atoms in total. The van der Waals surface area contributed by atoms with Crippen molar-refractivity contribution in [1.82, 2.24) is 58.5 Å². The van der Waals surface area contributed by atoms with Gasteiger partial charge in [0.15, 0.2) is 0 Å². The highest BCUT2D eigenvalue weighted by molar-refractivity contribution is 6.00. The molecule has 0 heterocycles. The van der Waals surface area contributed by atoms with Crippen molar-refractivity contribution in [3.05, 3.63) is 35.9 Å². The maximum atomic E-state index is 13.7. The summed E-state index contributed by atoms with van der Waals surface area (Å²) in [4.78, 5) is 182. The fourth-order valence-electron chi connectivity index (χ4n) is 7.79. The molecule has 0 saturated carbocycles. The lowest BCUT2D eigenvalue weighted by Crippen LogP contribution is -2.63. The highest BCUT2D eigenvalue weighted by Gasteiger charge is 2.37. The summed E-state index contributed by atoms with van der Waals surface area (Å²) in [6.07, 6.45) is -3.47. The SMILES string of the molecule is CC[C@H](C)[C@H](N)C(=O)N[C@@H](CC(C)C)C(=O)N[C@@H](CO)C(=O)N[C@@H](CO)C(=O)N[C@H](C(=O)N[C@@H](CC(N)=O)C(=O)N[C@H](C(=O)NCC(=O)N[C@@H](CO)C(=O)N[C@@H](CCC(=O)O)C(=O)N[C@@H](C)C(=O)N[C@@H](Cc1ccccc1)C(=O)O)C(C)C)[C@@H](C)O. The summed E-state index contributed by atoms with van der Waals surface area (Å²) in [6, 6.07) is -9.43. The summed E-state index contributed by atoms with van der Waals surface area (Å²) in [5.41, 5.74) is 12.0. The number of rotatable bonds is 39. The van der Waals surface area contributed by atoms with Gasteiger partial charge in [-0.3, -0.25) is 62.3 Å². The molecule has 0 aliphatic heterocycles. The number of aliphatic carboxylic acids is 2. The van der Waals surface area contributed by atoms with Crippen molar-refractivity contribution in [2.24, 2.45) is 29.2 Å². The Morgan fingerprint density at radius 1 is 0.512 bits per heavy atom. The Labute approximate surface area is 495 Å². The number of amides is 12. The van der Waals surface area contributed by atoms with Crippen LogP contribution in [0.25, 0.3) is 0 Å². The Hall–Kier alpha value is -8.40. The maximum Gasteiger partial charge on any atom is 0.326 e. The second-order valence-electron chi connectivity index (χ2n) is 21.1. The lowest BCUT2D eigenvalue weighted by Gasteiger charge is -2.28. The van der Waals surface area contributed by atoms with Crippen molar-refractivity contribution in [2.75, 3.05) is 26.4 Å². The van der Waals surface area contributed by atoms with E-state index in [0.717, 1.165) is 6.92 Å². The minimum absolute atomic E-state index is 0.0884. The summed E-state index contributed by atoms with van der Waals surface area (Å²) in [6.45, 7) is 7.90. The molecule has 0 aliphatic rings. The number of nitrogens with two attached hydrogens (primary N) is 2. The number of aliphatic hydroxyl groups excluding tert-OH is 4. The first-order valence-electron chi connectivity index (χ1n) is 27.5. The average molecular weight is 1220 g/mol. The standard InChI is InChI=1S/C53H85N13O20/c1-9-26(6)40(55)50(82)60-31(17-24(2)3)45(77)63-35(22-68)48(80)64-36(23-69)49(81)66-42(28(8)70)52(84)61-32(19-37(54)71)46(78)65-41(25(4)5)51(83)56-20-38(72)58-34(21-67)47(79)59-30(15-16-39(73)74)44(76)57-27(7)43(75)62-33(53(85)86)18-29-13-11-10-12-14-29/h10-14,24-28,30-36,40-42,67-70H,9,15-23,55H2,1-8H3,(H2,54,71)(H,56,83)(H,57,76)(H,58,72)(H,59,79)(H,60,82)(H,61,84)(H,62,75)(H,63,77)(H,64,80)(H,65,78)(H,66,81)(H,73,74)(H,85,86)/t26-,27-,28+,30-,31-,32-,33-,34-,35-,36-,40-,41-,42-/m0/s1. The fraction of sp³-hybridized carbons (Fsp3) is 0.623. The molecule has 0 bridgehead atoms. The van der Waals surface area contributed by atoms with Gasteiger partial charge in [0.05, 0.1) is 44.9 Å². The van der Waals surface area contributed by atoms with Crippen LogP contribution in [-0.4, -0.2) is 212 Å². The Bertz CT molecular complexity index is 2520. The van der Waals surface area contributed by atoms with E-state index >= 15 is 0 Å². The van der Waals surface area contributed by atoms with Crippen molar-refractivity contribution in [3.63, 3.8) is 0 Å². The van der Waals surface area contributed by atoms with E-state index in [1.807, 2.05) is 6.92 Å². The van der Waals surface area contributed by atoms with E-state index in [9.17, 15) is 97.8 Å². The molecule has 0 saturated heterocycles. The molecule has 86 heavy (non-hydrogen) atoms. The molecule has 1 aromatic carbocycles. The van der Waals surface area contributed by atoms with Crippen molar-refractivity contribution in [1.29, 1.82) is 0 Å². The van der Waals surface area contributed by atoms with Crippen LogP contribution in [0, 0.1) is 17.8 Å². The highest BCUT2D eigenvalue weighted by Crippen LogP contribution is 2.11. The first-order valence-corrected chi connectivity index (χ1v) is 27.5. The van der Waals surface area contributed by atoms with Gasteiger partial charge in [-0.05, 0) is 50.0 Å². The van der Waals surface area contributed by atoms with Gasteiger partial charge in [-0.2, -0.15) is 0 Å². The third-order valence-electron chi connectivity index (χ3n) is 13.1. The van der Waals surface area contributed by atoms with E-state index in [1.54, 1.807) is 51.1 Å². The van der Waals surface area contributed by atoms with Gasteiger partial charge in [-0.25, -0.2) is 4.79 Å². The Kier molecular flexibility index (Phi) is 33.2. The van der Waals surface area contributed by atoms with Gasteiger partial charge < -0.3 is 101 Å². The van der Waals surface area contributed by atoms with Crippen LogP contribution in [0.1, 0.15) is 93.1 Å². The van der Waals surface area contributed by atoms with Crippen LogP contribution < -0.4 is 70.0 Å². The number of carbonyl (C=O) groups is 14. The van der Waals surface area contributed by atoms with Crippen molar-refractivity contribution in [2.45, 2.75) is 166 Å². The van der Waals surface area contributed by atoms with Gasteiger partial charge in [-0.1, -0.05) is 78.3 Å².